The van der Waals surface area contributed by atoms with Crippen LogP contribution in [0.3, 0.4) is 0 Å². The molecule has 1 amide bonds. The SMILES string of the molecule is Cc1ccccc1CN1CCCC(C(=O)Nc2ccc(Br)c(Cl)c2)C1. The number of piperidine rings is 1. The quantitative estimate of drug-likeness (QED) is 0.730. The Morgan fingerprint density at radius 3 is 2.88 bits per heavy atom. The maximum absolute atomic E-state index is 12.6. The van der Waals surface area contributed by atoms with Crippen molar-refractivity contribution < 1.29 is 4.79 Å². The third kappa shape index (κ3) is 4.84. The molecular weight excluding hydrogens is 400 g/mol. The van der Waals surface area contributed by atoms with Gasteiger partial charge < -0.3 is 5.32 Å². The summed E-state index contributed by atoms with van der Waals surface area (Å²) < 4.78 is 0.828. The standard InChI is InChI=1S/C20H22BrClN2O/c1-14-5-2-3-6-15(14)12-24-10-4-7-16(13-24)20(25)23-17-8-9-18(21)19(22)11-17/h2-3,5-6,8-9,11,16H,4,7,10,12-13H2,1H3,(H,23,25). The lowest BCUT2D eigenvalue weighted by Gasteiger charge is -2.32. The van der Waals surface area contributed by atoms with Crippen molar-refractivity contribution in [3.63, 3.8) is 0 Å². The van der Waals surface area contributed by atoms with E-state index in [1.165, 1.54) is 11.1 Å². The van der Waals surface area contributed by atoms with Gasteiger partial charge in [-0.2, -0.15) is 0 Å². The smallest absolute Gasteiger partial charge is 0.228 e. The first-order valence-corrected chi connectivity index (χ1v) is 9.73. The van der Waals surface area contributed by atoms with E-state index in [9.17, 15) is 4.79 Å². The molecule has 0 aromatic heterocycles. The van der Waals surface area contributed by atoms with Crippen LogP contribution in [0.2, 0.25) is 5.02 Å². The van der Waals surface area contributed by atoms with Crippen molar-refractivity contribution in [2.24, 2.45) is 5.92 Å². The van der Waals surface area contributed by atoms with Crippen LogP contribution in [0.25, 0.3) is 0 Å². The number of halogens is 2. The van der Waals surface area contributed by atoms with Crippen molar-refractivity contribution in [1.82, 2.24) is 4.90 Å². The first kappa shape index (κ1) is 18.4. The lowest BCUT2D eigenvalue weighted by molar-refractivity contribution is -0.121. The normalized spacial score (nSPS) is 18.1. The number of aryl methyl sites for hydroxylation is 1. The molecule has 25 heavy (non-hydrogen) atoms. The topological polar surface area (TPSA) is 32.3 Å². The van der Waals surface area contributed by atoms with Gasteiger partial charge in [0.1, 0.15) is 0 Å². The summed E-state index contributed by atoms with van der Waals surface area (Å²) in [5.74, 6) is 0.0908. The van der Waals surface area contributed by atoms with E-state index in [0.29, 0.717) is 5.02 Å². The molecule has 2 aromatic carbocycles. The Balaban J connectivity index is 1.61. The first-order chi connectivity index (χ1) is 12.0. The summed E-state index contributed by atoms with van der Waals surface area (Å²) in [4.78, 5) is 15.0. The molecule has 1 N–H and O–H groups in total. The summed E-state index contributed by atoms with van der Waals surface area (Å²) in [7, 11) is 0. The Kier molecular flexibility index (Phi) is 6.15. The lowest BCUT2D eigenvalue weighted by atomic mass is 9.96. The molecular formula is C20H22BrClN2O. The third-order valence-electron chi connectivity index (χ3n) is 4.72. The molecule has 0 radical (unpaired) electrons. The number of hydrogen-bond donors (Lipinski definition) is 1. The second-order valence-electron chi connectivity index (χ2n) is 6.62. The Bertz CT molecular complexity index is 765. The van der Waals surface area contributed by atoms with Gasteiger partial charge in [0.15, 0.2) is 0 Å². The fraction of sp³-hybridized carbons (Fsp3) is 0.350. The zero-order chi connectivity index (χ0) is 17.8. The van der Waals surface area contributed by atoms with Crippen molar-refractivity contribution >= 4 is 39.1 Å². The van der Waals surface area contributed by atoms with Gasteiger partial charge in [0.25, 0.3) is 0 Å². The molecule has 1 atom stereocenters. The van der Waals surface area contributed by atoms with E-state index >= 15 is 0 Å². The van der Waals surface area contributed by atoms with Gasteiger partial charge in [-0.05, 0) is 71.6 Å². The van der Waals surface area contributed by atoms with Crippen molar-refractivity contribution in [2.75, 3.05) is 18.4 Å². The van der Waals surface area contributed by atoms with Crippen LogP contribution < -0.4 is 5.32 Å². The summed E-state index contributed by atoms with van der Waals surface area (Å²) in [5, 5.41) is 3.60. The Hall–Kier alpha value is -1.36. The molecule has 3 nitrogen and oxygen atoms in total. The Morgan fingerprint density at radius 2 is 2.12 bits per heavy atom. The summed E-state index contributed by atoms with van der Waals surface area (Å²) >= 11 is 9.47. The fourth-order valence-corrected chi connectivity index (χ4v) is 3.69. The molecule has 5 heteroatoms. The highest BCUT2D eigenvalue weighted by Crippen LogP contribution is 2.27. The number of rotatable bonds is 4. The minimum absolute atomic E-state index is 0.0141. The van der Waals surface area contributed by atoms with E-state index in [1.807, 2.05) is 12.1 Å². The highest BCUT2D eigenvalue weighted by molar-refractivity contribution is 9.10. The van der Waals surface area contributed by atoms with Gasteiger partial charge in [-0.1, -0.05) is 35.9 Å². The van der Waals surface area contributed by atoms with Gasteiger partial charge in [0.2, 0.25) is 5.91 Å². The van der Waals surface area contributed by atoms with E-state index in [1.54, 1.807) is 6.07 Å². The molecule has 132 valence electrons. The number of hydrogen-bond acceptors (Lipinski definition) is 2. The lowest BCUT2D eigenvalue weighted by Crippen LogP contribution is -2.40. The van der Waals surface area contributed by atoms with Gasteiger partial charge >= 0.3 is 0 Å². The third-order valence-corrected chi connectivity index (χ3v) is 5.95. The average molecular weight is 422 g/mol. The molecule has 2 aromatic rings. The highest BCUT2D eigenvalue weighted by atomic mass is 79.9. The van der Waals surface area contributed by atoms with Crippen molar-refractivity contribution in [2.45, 2.75) is 26.3 Å². The molecule has 0 bridgehead atoms. The number of amides is 1. The molecule has 0 spiro atoms. The number of anilines is 1. The number of nitrogens with zero attached hydrogens (tertiary/aromatic N) is 1. The second-order valence-corrected chi connectivity index (χ2v) is 7.88. The molecule has 1 aliphatic heterocycles. The summed E-state index contributed by atoms with van der Waals surface area (Å²) in [6.07, 6.45) is 1.98. The maximum atomic E-state index is 12.6. The largest absolute Gasteiger partial charge is 0.326 e. The van der Waals surface area contributed by atoms with Crippen LogP contribution in [0, 0.1) is 12.8 Å². The first-order valence-electron chi connectivity index (χ1n) is 8.55. The van der Waals surface area contributed by atoms with Crippen LogP contribution >= 0.6 is 27.5 Å². The van der Waals surface area contributed by atoms with Crippen LogP contribution in [0.15, 0.2) is 46.9 Å². The fourth-order valence-electron chi connectivity index (χ4n) is 3.26. The van der Waals surface area contributed by atoms with Crippen LogP contribution in [0.1, 0.15) is 24.0 Å². The Morgan fingerprint density at radius 1 is 1.32 bits per heavy atom. The van der Waals surface area contributed by atoms with E-state index < -0.39 is 0 Å². The van der Waals surface area contributed by atoms with E-state index in [-0.39, 0.29) is 11.8 Å². The van der Waals surface area contributed by atoms with Crippen LogP contribution in [0.4, 0.5) is 5.69 Å². The molecule has 0 saturated carbocycles. The van der Waals surface area contributed by atoms with E-state index in [0.717, 1.165) is 42.6 Å². The van der Waals surface area contributed by atoms with Crippen LogP contribution in [0.5, 0.6) is 0 Å². The molecule has 1 aliphatic rings. The number of carbonyl (C=O) groups excluding carboxylic acids is 1. The number of likely N-dealkylation sites (tertiary alicyclic amines) is 1. The van der Waals surface area contributed by atoms with Gasteiger partial charge in [-0.25, -0.2) is 0 Å². The number of nitrogens with one attached hydrogen (secondary N) is 1. The summed E-state index contributed by atoms with van der Waals surface area (Å²) in [6.45, 7) is 4.88. The van der Waals surface area contributed by atoms with Crippen LogP contribution in [-0.2, 0) is 11.3 Å². The van der Waals surface area contributed by atoms with Crippen molar-refractivity contribution in [3.8, 4) is 0 Å². The zero-order valence-corrected chi connectivity index (χ0v) is 16.6. The second kappa shape index (κ2) is 8.35. The minimum atomic E-state index is 0.0141. The van der Waals surface area contributed by atoms with Crippen molar-refractivity contribution in [1.29, 1.82) is 0 Å². The minimum Gasteiger partial charge on any atom is -0.326 e. The monoisotopic (exact) mass is 420 g/mol. The molecule has 1 fully saturated rings. The molecule has 1 saturated heterocycles. The molecule has 3 rings (SSSR count). The average Bonchev–Trinajstić information content (AvgIpc) is 2.60. The molecule has 1 heterocycles. The van der Waals surface area contributed by atoms with E-state index in [2.05, 4.69) is 57.3 Å². The summed E-state index contributed by atoms with van der Waals surface area (Å²) in [5.41, 5.74) is 3.39. The predicted molar refractivity (Wildman–Crippen MR) is 107 cm³/mol. The van der Waals surface area contributed by atoms with Gasteiger partial charge in [0, 0.05) is 23.2 Å². The summed E-state index contributed by atoms with van der Waals surface area (Å²) in [6, 6.07) is 13.9. The van der Waals surface area contributed by atoms with Gasteiger partial charge in [-0.3, -0.25) is 9.69 Å². The van der Waals surface area contributed by atoms with E-state index in [4.69, 9.17) is 11.6 Å². The van der Waals surface area contributed by atoms with Crippen LogP contribution in [-0.4, -0.2) is 23.9 Å². The molecule has 1 unspecified atom stereocenters. The highest BCUT2D eigenvalue weighted by Gasteiger charge is 2.26. The van der Waals surface area contributed by atoms with Gasteiger partial charge in [0.05, 0.1) is 10.9 Å². The number of carbonyl (C=O) groups is 1. The molecule has 0 aliphatic carbocycles. The predicted octanol–water partition coefficient (Wildman–Crippen LogP) is 5.26. The number of benzene rings is 2. The van der Waals surface area contributed by atoms with Gasteiger partial charge in [-0.15, -0.1) is 0 Å². The zero-order valence-electron chi connectivity index (χ0n) is 14.3. The Labute approximate surface area is 162 Å². The van der Waals surface area contributed by atoms with Crippen molar-refractivity contribution in [3.05, 3.63) is 63.1 Å². The maximum Gasteiger partial charge on any atom is 0.228 e.